The number of anilines is 1. The summed E-state index contributed by atoms with van der Waals surface area (Å²) in [6.07, 6.45) is 3.59. The lowest BCUT2D eigenvalue weighted by Gasteiger charge is -2.06. The normalized spacial score (nSPS) is 10.9. The molecule has 2 heterocycles. The molecule has 2 aromatic heterocycles. The molecule has 0 atom stereocenters. The molecule has 0 radical (unpaired) electrons. The van der Waals surface area contributed by atoms with Crippen molar-refractivity contribution in [1.82, 2.24) is 19.5 Å². The van der Waals surface area contributed by atoms with Gasteiger partial charge in [0.2, 0.25) is 0 Å². The zero-order valence-corrected chi connectivity index (χ0v) is 9.90. The number of nitrogens with one attached hydrogen (secondary N) is 3. The molecule has 6 heteroatoms. The van der Waals surface area contributed by atoms with Crippen LogP contribution < -0.4 is 11.0 Å². The Hall–Kier alpha value is -2.50. The third kappa shape index (κ3) is 1.88. The van der Waals surface area contributed by atoms with Crippen molar-refractivity contribution in [2.24, 2.45) is 7.05 Å². The fraction of sp³-hybridized carbons (Fsp3) is 0.167. The molecule has 0 bridgehead atoms. The highest BCUT2D eigenvalue weighted by molar-refractivity contribution is 5.78. The lowest BCUT2D eigenvalue weighted by atomic mass is 10.2. The van der Waals surface area contributed by atoms with Crippen LogP contribution in [-0.4, -0.2) is 19.5 Å². The van der Waals surface area contributed by atoms with Gasteiger partial charge in [-0.15, -0.1) is 0 Å². The number of aryl methyl sites for hydroxylation is 1. The van der Waals surface area contributed by atoms with Crippen molar-refractivity contribution in [3.8, 4) is 0 Å². The number of aromatic amines is 2. The van der Waals surface area contributed by atoms with Crippen molar-refractivity contribution in [3.05, 3.63) is 46.9 Å². The predicted molar refractivity (Wildman–Crippen MR) is 69.5 cm³/mol. The van der Waals surface area contributed by atoms with Crippen LogP contribution in [0.15, 0.2) is 35.5 Å². The number of benzene rings is 1. The minimum Gasteiger partial charge on any atom is -0.379 e. The zero-order chi connectivity index (χ0) is 12.5. The molecule has 0 saturated heterocycles. The van der Waals surface area contributed by atoms with E-state index in [0.717, 1.165) is 22.4 Å². The fourth-order valence-corrected chi connectivity index (χ4v) is 1.89. The molecule has 0 aliphatic rings. The van der Waals surface area contributed by atoms with Gasteiger partial charge in [-0.3, -0.25) is 0 Å². The van der Waals surface area contributed by atoms with Gasteiger partial charge in [-0.2, -0.15) is 0 Å². The third-order valence-corrected chi connectivity index (χ3v) is 2.91. The SMILES string of the molecule is Cn1cncc1CNc1ccc2[nH]c(=O)[nH]c2c1. The molecule has 0 spiro atoms. The monoisotopic (exact) mass is 243 g/mol. The van der Waals surface area contributed by atoms with Gasteiger partial charge in [-0.05, 0) is 18.2 Å². The van der Waals surface area contributed by atoms with Crippen molar-refractivity contribution in [2.75, 3.05) is 5.32 Å². The Bertz CT molecular complexity index is 736. The second-order valence-electron chi connectivity index (χ2n) is 4.19. The van der Waals surface area contributed by atoms with E-state index in [1.165, 1.54) is 0 Å². The largest absolute Gasteiger partial charge is 0.379 e. The van der Waals surface area contributed by atoms with Crippen LogP contribution >= 0.6 is 0 Å². The number of H-pyrrole nitrogens is 2. The second kappa shape index (κ2) is 4.06. The lowest BCUT2D eigenvalue weighted by molar-refractivity contribution is 0.837. The van der Waals surface area contributed by atoms with Crippen molar-refractivity contribution in [2.45, 2.75) is 6.54 Å². The Morgan fingerprint density at radius 3 is 2.94 bits per heavy atom. The Kier molecular flexibility index (Phi) is 2.40. The van der Waals surface area contributed by atoms with Gasteiger partial charge in [0.15, 0.2) is 0 Å². The van der Waals surface area contributed by atoms with Crippen LogP contribution in [0.2, 0.25) is 0 Å². The molecule has 92 valence electrons. The van der Waals surface area contributed by atoms with Crippen LogP contribution in [0.3, 0.4) is 0 Å². The second-order valence-corrected chi connectivity index (χ2v) is 4.19. The highest BCUT2D eigenvalue weighted by Crippen LogP contribution is 2.15. The summed E-state index contributed by atoms with van der Waals surface area (Å²) in [6, 6.07) is 5.71. The van der Waals surface area contributed by atoms with Crippen molar-refractivity contribution < 1.29 is 0 Å². The van der Waals surface area contributed by atoms with Crippen molar-refractivity contribution in [1.29, 1.82) is 0 Å². The number of nitrogens with zero attached hydrogens (tertiary/aromatic N) is 2. The number of hydrogen-bond donors (Lipinski definition) is 3. The van der Waals surface area contributed by atoms with E-state index < -0.39 is 0 Å². The average molecular weight is 243 g/mol. The van der Waals surface area contributed by atoms with E-state index >= 15 is 0 Å². The summed E-state index contributed by atoms with van der Waals surface area (Å²) in [4.78, 5) is 20.7. The number of imidazole rings is 2. The Balaban J connectivity index is 1.82. The molecule has 0 amide bonds. The molecule has 0 aliphatic carbocycles. The van der Waals surface area contributed by atoms with Crippen LogP contribution in [0, 0.1) is 0 Å². The van der Waals surface area contributed by atoms with Crippen molar-refractivity contribution in [3.63, 3.8) is 0 Å². The highest BCUT2D eigenvalue weighted by atomic mass is 16.1. The summed E-state index contributed by atoms with van der Waals surface area (Å²) in [5.41, 5.74) is 3.48. The quantitative estimate of drug-likeness (QED) is 0.646. The minimum absolute atomic E-state index is 0.186. The fourth-order valence-electron chi connectivity index (χ4n) is 1.89. The molecule has 0 unspecified atom stereocenters. The van der Waals surface area contributed by atoms with E-state index in [1.54, 1.807) is 6.33 Å². The molecule has 0 fully saturated rings. The van der Waals surface area contributed by atoms with E-state index in [0.29, 0.717) is 6.54 Å². The molecule has 6 nitrogen and oxygen atoms in total. The minimum atomic E-state index is -0.186. The Morgan fingerprint density at radius 2 is 2.17 bits per heavy atom. The maximum absolute atomic E-state index is 11.1. The van der Waals surface area contributed by atoms with Gasteiger partial charge < -0.3 is 19.9 Å². The van der Waals surface area contributed by atoms with Gasteiger partial charge in [0.05, 0.1) is 29.6 Å². The molecule has 0 saturated carbocycles. The van der Waals surface area contributed by atoms with Crippen LogP contribution in [-0.2, 0) is 13.6 Å². The Labute approximate surface area is 103 Å². The summed E-state index contributed by atoms with van der Waals surface area (Å²) in [6.45, 7) is 0.691. The van der Waals surface area contributed by atoms with Crippen LogP contribution in [0.4, 0.5) is 5.69 Å². The maximum Gasteiger partial charge on any atom is 0.323 e. The Morgan fingerprint density at radius 1 is 1.33 bits per heavy atom. The van der Waals surface area contributed by atoms with Crippen LogP contribution in [0.5, 0.6) is 0 Å². The number of aromatic nitrogens is 4. The van der Waals surface area contributed by atoms with Gasteiger partial charge in [0.25, 0.3) is 0 Å². The predicted octanol–water partition coefficient (Wildman–Crippen LogP) is 1.20. The molecular weight excluding hydrogens is 230 g/mol. The van der Waals surface area contributed by atoms with Gasteiger partial charge >= 0.3 is 5.69 Å². The lowest BCUT2D eigenvalue weighted by Crippen LogP contribution is -2.03. The van der Waals surface area contributed by atoms with Gasteiger partial charge in [-0.25, -0.2) is 9.78 Å². The van der Waals surface area contributed by atoms with Gasteiger partial charge in [0.1, 0.15) is 0 Å². The zero-order valence-electron chi connectivity index (χ0n) is 9.90. The first-order chi connectivity index (χ1) is 8.72. The molecular formula is C12H13N5O. The first-order valence-corrected chi connectivity index (χ1v) is 5.63. The van der Waals surface area contributed by atoms with E-state index in [4.69, 9.17) is 0 Å². The summed E-state index contributed by atoms with van der Waals surface area (Å²) in [7, 11) is 1.96. The summed E-state index contributed by atoms with van der Waals surface area (Å²) in [5.74, 6) is 0. The van der Waals surface area contributed by atoms with E-state index in [2.05, 4.69) is 20.3 Å². The van der Waals surface area contributed by atoms with E-state index in [1.807, 2.05) is 36.0 Å². The topological polar surface area (TPSA) is 78.5 Å². The molecule has 0 aliphatic heterocycles. The maximum atomic E-state index is 11.1. The average Bonchev–Trinajstić information content (AvgIpc) is 2.90. The van der Waals surface area contributed by atoms with Gasteiger partial charge in [-0.1, -0.05) is 0 Å². The van der Waals surface area contributed by atoms with E-state index in [-0.39, 0.29) is 5.69 Å². The standard InChI is InChI=1S/C12H13N5O/c1-17-7-13-5-9(17)6-14-8-2-3-10-11(4-8)16-12(18)15-10/h2-5,7,14H,6H2,1H3,(H2,15,16,18). The summed E-state index contributed by atoms with van der Waals surface area (Å²) in [5, 5.41) is 3.29. The van der Waals surface area contributed by atoms with Crippen LogP contribution in [0.1, 0.15) is 5.69 Å². The highest BCUT2D eigenvalue weighted by Gasteiger charge is 2.01. The molecule has 3 rings (SSSR count). The number of fused-ring (bicyclic) bond motifs is 1. The molecule has 3 aromatic rings. The van der Waals surface area contributed by atoms with E-state index in [9.17, 15) is 4.79 Å². The summed E-state index contributed by atoms with van der Waals surface area (Å²) >= 11 is 0. The van der Waals surface area contributed by atoms with Crippen molar-refractivity contribution >= 4 is 16.7 Å². The molecule has 3 N–H and O–H groups in total. The third-order valence-electron chi connectivity index (χ3n) is 2.91. The first kappa shape index (κ1) is 10.6. The first-order valence-electron chi connectivity index (χ1n) is 5.63. The summed E-state index contributed by atoms with van der Waals surface area (Å²) < 4.78 is 1.96. The molecule has 18 heavy (non-hydrogen) atoms. The smallest absolute Gasteiger partial charge is 0.323 e. The number of rotatable bonds is 3. The number of hydrogen-bond acceptors (Lipinski definition) is 3. The van der Waals surface area contributed by atoms with Gasteiger partial charge in [0, 0.05) is 18.9 Å². The van der Waals surface area contributed by atoms with Crippen LogP contribution in [0.25, 0.3) is 11.0 Å². The molecule has 1 aromatic carbocycles.